The number of carbonyl (C=O) groups is 3. The van der Waals surface area contributed by atoms with Gasteiger partial charge < -0.3 is 10.4 Å². The molecule has 34 heavy (non-hydrogen) atoms. The van der Waals surface area contributed by atoms with Gasteiger partial charge in [-0.3, -0.25) is 24.5 Å². The number of carbonyl (C=O) groups excluding carboxylic acids is 2. The monoisotopic (exact) mass is 566 g/mol. The summed E-state index contributed by atoms with van der Waals surface area (Å²) in [5.41, 5.74) is 1.00. The molecule has 2 aromatic rings. The van der Waals surface area contributed by atoms with Crippen LogP contribution in [0.2, 0.25) is 10.0 Å². The van der Waals surface area contributed by atoms with Crippen LogP contribution in [0, 0.1) is 5.41 Å². The number of nitrogens with one attached hydrogen (secondary N) is 1. The second kappa shape index (κ2) is 10.1. The Balaban J connectivity index is 1.48. The van der Waals surface area contributed by atoms with Gasteiger partial charge in [0, 0.05) is 30.2 Å². The lowest BCUT2D eigenvalue weighted by atomic mass is 9.58. The highest BCUT2D eigenvalue weighted by molar-refractivity contribution is 9.10. The van der Waals surface area contributed by atoms with Crippen molar-refractivity contribution in [3.8, 4) is 0 Å². The number of anilines is 1. The topological polar surface area (TPSA) is 122 Å². The van der Waals surface area contributed by atoms with Crippen molar-refractivity contribution in [2.75, 3.05) is 5.32 Å². The van der Waals surface area contributed by atoms with Crippen molar-refractivity contribution in [2.24, 2.45) is 10.4 Å². The van der Waals surface area contributed by atoms with Crippen molar-refractivity contribution in [1.29, 1.82) is 0 Å². The summed E-state index contributed by atoms with van der Waals surface area (Å²) in [6.07, 6.45) is 8.51. The highest BCUT2D eigenvalue weighted by atomic mass is 79.9. The predicted molar refractivity (Wildman–Crippen MR) is 132 cm³/mol. The van der Waals surface area contributed by atoms with Crippen molar-refractivity contribution in [2.45, 2.75) is 49.4 Å². The minimum Gasteiger partial charge on any atom is -0.480 e. The van der Waals surface area contributed by atoms with Gasteiger partial charge in [-0.05, 0) is 25.0 Å². The molecule has 2 aliphatic carbocycles. The van der Waals surface area contributed by atoms with Gasteiger partial charge in [-0.15, -0.1) is 0 Å². The Morgan fingerprint density at radius 1 is 1.18 bits per heavy atom. The zero-order valence-electron chi connectivity index (χ0n) is 17.9. The molecule has 0 aliphatic heterocycles. The summed E-state index contributed by atoms with van der Waals surface area (Å²) in [5.74, 6) is -1.50. The third kappa shape index (κ3) is 4.74. The number of hydrogen-bond donors (Lipinski definition) is 2. The molecule has 0 aromatic carbocycles. The van der Waals surface area contributed by atoms with E-state index in [9.17, 15) is 19.5 Å². The molecular weight excluding hydrogens is 547 g/mol. The predicted octanol–water partition coefficient (Wildman–Crippen LogP) is 4.77. The number of pyridine rings is 2. The third-order valence-electron chi connectivity index (χ3n) is 6.28. The van der Waals surface area contributed by atoms with Crippen LogP contribution < -0.4 is 5.32 Å². The first-order valence-electron chi connectivity index (χ1n) is 10.8. The number of amides is 1. The molecule has 0 bridgehead atoms. The molecule has 11 heteroatoms. The summed E-state index contributed by atoms with van der Waals surface area (Å²) in [6, 6.07) is 2.16. The van der Waals surface area contributed by atoms with E-state index in [1.54, 1.807) is 12.1 Å². The van der Waals surface area contributed by atoms with E-state index in [1.165, 1.54) is 18.6 Å². The van der Waals surface area contributed by atoms with Gasteiger partial charge >= 0.3 is 5.97 Å². The molecule has 2 fully saturated rings. The molecule has 2 atom stereocenters. The van der Waals surface area contributed by atoms with Crippen LogP contribution in [0.25, 0.3) is 0 Å². The number of halogens is 3. The number of rotatable bonds is 6. The zero-order chi connectivity index (χ0) is 24.5. The third-order valence-corrected chi connectivity index (χ3v) is 7.71. The van der Waals surface area contributed by atoms with Gasteiger partial charge in [0.05, 0.1) is 32.9 Å². The largest absolute Gasteiger partial charge is 0.480 e. The number of aliphatic carboxylic acids is 1. The van der Waals surface area contributed by atoms with Crippen molar-refractivity contribution < 1.29 is 19.5 Å². The SMILES string of the molecule is O=C(Nc1ccc(C[C@H](N=C2C(Br)C(=O)C23CCCCC3)C(=O)O)nc1)c1c(Cl)cncc1Cl. The number of carboxylic acid groups (broad SMARTS) is 1. The number of hydrogen-bond acceptors (Lipinski definition) is 6. The molecule has 2 aromatic heterocycles. The molecule has 2 aliphatic rings. The van der Waals surface area contributed by atoms with Crippen LogP contribution >= 0.6 is 39.1 Å². The summed E-state index contributed by atoms with van der Waals surface area (Å²) in [7, 11) is 0. The average molecular weight is 568 g/mol. The van der Waals surface area contributed by atoms with E-state index in [1.807, 2.05) is 0 Å². The van der Waals surface area contributed by atoms with Gasteiger partial charge in [0.15, 0.2) is 11.8 Å². The van der Waals surface area contributed by atoms with Gasteiger partial charge in [-0.25, -0.2) is 4.79 Å². The number of aromatic nitrogens is 2. The minimum absolute atomic E-state index is 0.0546. The zero-order valence-corrected chi connectivity index (χ0v) is 21.0. The first-order chi connectivity index (χ1) is 16.2. The van der Waals surface area contributed by atoms with Gasteiger partial charge in [-0.1, -0.05) is 58.4 Å². The average Bonchev–Trinajstić information content (AvgIpc) is 2.82. The summed E-state index contributed by atoms with van der Waals surface area (Å²) in [6.45, 7) is 0. The van der Waals surface area contributed by atoms with Crippen LogP contribution in [0.1, 0.15) is 48.2 Å². The Morgan fingerprint density at radius 3 is 2.44 bits per heavy atom. The molecule has 178 valence electrons. The fourth-order valence-electron chi connectivity index (χ4n) is 4.50. The Morgan fingerprint density at radius 2 is 1.85 bits per heavy atom. The lowest BCUT2D eigenvalue weighted by Gasteiger charge is -2.47. The Kier molecular flexibility index (Phi) is 7.35. The van der Waals surface area contributed by atoms with Crippen LogP contribution in [0.15, 0.2) is 35.7 Å². The van der Waals surface area contributed by atoms with Crippen molar-refractivity contribution in [3.05, 3.63) is 52.0 Å². The second-order valence-electron chi connectivity index (χ2n) is 8.41. The van der Waals surface area contributed by atoms with Crippen molar-refractivity contribution in [3.63, 3.8) is 0 Å². The van der Waals surface area contributed by atoms with E-state index < -0.39 is 28.2 Å². The molecule has 2 N–H and O–H groups in total. The Hall–Kier alpha value is -2.36. The lowest BCUT2D eigenvalue weighted by molar-refractivity contribution is -0.138. The van der Waals surface area contributed by atoms with E-state index in [0.29, 0.717) is 17.1 Å². The standard InChI is InChI=1S/C23H21BrCl2N4O4/c24-18-19(23(20(18)31)6-2-1-3-7-23)30-16(22(33)34)8-12-4-5-13(9-28-12)29-21(32)17-14(25)10-27-11-15(17)26/h4-5,9-11,16,18H,1-3,6-8H2,(H,29,32)(H,33,34)/t16-,18?/m0/s1. The normalized spacial score (nSPS) is 21.2. The quantitative estimate of drug-likeness (QED) is 0.485. The van der Waals surface area contributed by atoms with Crippen LogP contribution in [0.3, 0.4) is 0 Å². The molecular formula is C23H21BrCl2N4O4. The molecule has 1 spiro atoms. The summed E-state index contributed by atoms with van der Waals surface area (Å²) in [4.78, 5) is 49.1. The molecule has 1 amide bonds. The van der Waals surface area contributed by atoms with Crippen LogP contribution in [0.4, 0.5) is 5.69 Å². The van der Waals surface area contributed by atoms with Gasteiger partial charge in [0.2, 0.25) is 0 Å². The van der Waals surface area contributed by atoms with E-state index in [2.05, 4.69) is 36.2 Å². The maximum Gasteiger partial charge on any atom is 0.328 e. The highest BCUT2D eigenvalue weighted by Gasteiger charge is 2.58. The number of carboxylic acids is 1. The van der Waals surface area contributed by atoms with Gasteiger partial charge in [0.25, 0.3) is 5.91 Å². The van der Waals surface area contributed by atoms with Crippen LogP contribution in [0.5, 0.6) is 0 Å². The number of alkyl halides is 1. The van der Waals surface area contributed by atoms with Crippen molar-refractivity contribution >= 4 is 68.2 Å². The highest BCUT2D eigenvalue weighted by Crippen LogP contribution is 2.49. The minimum atomic E-state index is -1.08. The van der Waals surface area contributed by atoms with E-state index in [-0.39, 0.29) is 27.8 Å². The van der Waals surface area contributed by atoms with E-state index in [4.69, 9.17) is 23.2 Å². The first kappa shape index (κ1) is 24.8. The number of aliphatic imine (C=N–C) groups is 1. The molecule has 0 radical (unpaired) electrons. The molecule has 8 nitrogen and oxygen atoms in total. The fourth-order valence-corrected chi connectivity index (χ4v) is 6.03. The molecule has 4 rings (SSSR count). The molecule has 1 unspecified atom stereocenters. The molecule has 2 heterocycles. The van der Waals surface area contributed by atoms with E-state index >= 15 is 0 Å². The molecule has 0 saturated heterocycles. The van der Waals surface area contributed by atoms with Crippen molar-refractivity contribution in [1.82, 2.24) is 9.97 Å². The fraction of sp³-hybridized carbons (Fsp3) is 0.391. The van der Waals surface area contributed by atoms with E-state index in [0.717, 1.165) is 32.1 Å². The number of Topliss-reactive ketones (excluding diaryl/α,β-unsaturated/α-hetero) is 1. The number of ketones is 1. The molecule has 2 saturated carbocycles. The summed E-state index contributed by atoms with van der Waals surface area (Å²) >= 11 is 15.4. The second-order valence-corrected chi connectivity index (χ2v) is 10.1. The Labute approximate surface area is 214 Å². The maximum atomic E-state index is 12.6. The first-order valence-corrected chi connectivity index (χ1v) is 12.4. The lowest BCUT2D eigenvalue weighted by Crippen LogP contribution is -2.61. The smallest absolute Gasteiger partial charge is 0.328 e. The van der Waals surface area contributed by atoms with Crippen LogP contribution in [-0.4, -0.2) is 49.3 Å². The Bertz CT molecular complexity index is 1150. The van der Waals surface area contributed by atoms with Crippen LogP contribution in [-0.2, 0) is 16.0 Å². The van der Waals surface area contributed by atoms with Gasteiger partial charge in [-0.2, -0.15) is 0 Å². The maximum absolute atomic E-state index is 12.6. The summed E-state index contributed by atoms with van der Waals surface area (Å²) in [5, 5.41) is 12.7. The van der Waals surface area contributed by atoms with Gasteiger partial charge in [0.1, 0.15) is 4.83 Å². The summed E-state index contributed by atoms with van der Waals surface area (Å²) < 4.78 is 0. The number of nitrogens with zero attached hydrogens (tertiary/aromatic N) is 3.